The van der Waals surface area contributed by atoms with Crippen LogP contribution in [0.1, 0.15) is 37.0 Å². The van der Waals surface area contributed by atoms with Crippen LogP contribution in [0, 0.1) is 11.3 Å². The molecule has 5 rings (SSSR count). The molecular weight excluding hydrogens is 466 g/mol. The van der Waals surface area contributed by atoms with Crippen molar-refractivity contribution in [1.29, 1.82) is 5.26 Å². The zero-order valence-corrected chi connectivity index (χ0v) is 20.7. The van der Waals surface area contributed by atoms with Crippen molar-refractivity contribution in [2.75, 3.05) is 10.2 Å². The van der Waals surface area contributed by atoms with E-state index in [1.54, 1.807) is 23.2 Å². The van der Waals surface area contributed by atoms with Crippen LogP contribution in [0.2, 0.25) is 0 Å². The molecule has 3 aromatic heterocycles. The predicted octanol–water partition coefficient (Wildman–Crippen LogP) is 5.09. The number of nitrogens with zero attached hydrogens (tertiary/aromatic N) is 5. The molecule has 2 N–H and O–H groups in total. The lowest BCUT2D eigenvalue weighted by Crippen LogP contribution is -2.48. The predicted molar refractivity (Wildman–Crippen MR) is 141 cm³/mol. The summed E-state index contributed by atoms with van der Waals surface area (Å²) >= 11 is 0. The van der Waals surface area contributed by atoms with E-state index < -0.39 is 0 Å². The maximum absolute atomic E-state index is 13.4. The highest BCUT2D eigenvalue weighted by molar-refractivity contribution is 5.93. The van der Waals surface area contributed by atoms with E-state index in [0.29, 0.717) is 17.9 Å². The second kappa shape index (κ2) is 11.0. The van der Waals surface area contributed by atoms with Gasteiger partial charge in [-0.15, -0.1) is 0 Å². The lowest BCUT2D eigenvalue weighted by Gasteiger charge is -2.37. The first-order valence-electron chi connectivity index (χ1n) is 12.4. The molecular formula is C28H29N7O2. The Morgan fingerprint density at radius 1 is 1.11 bits per heavy atom. The van der Waals surface area contributed by atoms with E-state index in [1.165, 1.54) is 0 Å². The van der Waals surface area contributed by atoms with E-state index in [0.717, 1.165) is 48.3 Å². The van der Waals surface area contributed by atoms with Crippen LogP contribution in [-0.4, -0.2) is 32.9 Å². The average molecular weight is 496 g/mol. The highest BCUT2D eigenvalue weighted by Crippen LogP contribution is 2.31. The molecule has 1 saturated carbocycles. The molecule has 3 heterocycles. The van der Waals surface area contributed by atoms with Crippen LogP contribution in [0.15, 0.2) is 77.8 Å². The SMILES string of the molecule is Cn1cc(-c2ccc(N(C(=O)NCc3ccco3)C3CCC(Nc4ccc(C#N)cn4)CC3)cc2)cn1. The largest absolute Gasteiger partial charge is 0.467 e. The normalized spacial score (nSPS) is 17.1. The van der Waals surface area contributed by atoms with Crippen molar-refractivity contribution < 1.29 is 9.21 Å². The van der Waals surface area contributed by atoms with E-state index in [4.69, 9.17) is 9.68 Å². The summed E-state index contributed by atoms with van der Waals surface area (Å²) in [5, 5.41) is 19.7. The van der Waals surface area contributed by atoms with Gasteiger partial charge in [-0.2, -0.15) is 10.4 Å². The number of urea groups is 1. The summed E-state index contributed by atoms with van der Waals surface area (Å²) in [7, 11) is 1.89. The van der Waals surface area contributed by atoms with Crippen LogP contribution in [-0.2, 0) is 13.6 Å². The molecule has 0 unspecified atom stereocenters. The Kier molecular flexibility index (Phi) is 7.17. The number of rotatable bonds is 7. The van der Waals surface area contributed by atoms with E-state index in [-0.39, 0.29) is 18.1 Å². The second-order valence-electron chi connectivity index (χ2n) is 9.25. The van der Waals surface area contributed by atoms with Gasteiger partial charge >= 0.3 is 6.03 Å². The van der Waals surface area contributed by atoms with Gasteiger partial charge in [-0.05, 0) is 67.6 Å². The maximum atomic E-state index is 13.4. The van der Waals surface area contributed by atoms with Crippen molar-refractivity contribution >= 4 is 17.5 Å². The van der Waals surface area contributed by atoms with Crippen molar-refractivity contribution in [3.8, 4) is 17.2 Å². The van der Waals surface area contributed by atoms with Gasteiger partial charge in [-0.1, -0.05) is 12.1 Å². The third-order valence-electron chi connectivity index (χ3n) is 6.70. The number of hydrogen-bond donors (Lipinski definition) is 2. The highest BCUT2D eigenvalue weighted by atomic mass is 16.3. The molecule has 1 aromatic carbocycles. The molecule has 1 fully saturated rings. The number of aromatic nitrogens is 3. The van der Waals surface area contributed by atoms with Crippen LogP contribution in [0.5, 0.6) is 0 Å². The summed E-state index contributed by atoms with van der Waals surface area (Å²) in [6.07, 6.45) is 10.5. The highest BCUT2D eigenvalue weighted by Gasteiger charge is 2.30. The third-order valence-corrected chi connectivity index (χ3v) is 6.70. The lowest BCUT2D eigenvalue weighted by atomic mass is 9.89. The first-order valence-corrected chi connectivity index (χ1v) is 12.4. The lowest BCUT2D eigenvalue weighted by molar-refractivity contribution is 0.239. The van der Waals surface area contributed by atoms with Gasteiger partial charge < -0.3 is 15.1 Å². The number of nitrogens with one attached hydrogen (secondary N) is 2. The van der Waals surface area contributed by atoms with Crippen LogP contribution >= 0.6 is 0 Å². The molecule has 4 aromatic rings. The van der Waals surface area contributed by atoms with Crippen molar-refractivity contribution in [2.45, 2.75) is 44.3 Å². The Labute approximate surface area is 215 Å². The number of nitriles is 1. The molecule has 0 saturated heterocycles. The van der Waals surface area contributed by atoms with Gasteiger partial charge in [0, 0.05) is 42.8 Å². The van der Waals surface area contributed by atoms with E-state index in [9.17, 15) is 4.79 Å². The topological polar surface area (TPSA) is 112 Å². The van der Waals surface area contributed by atoms with Gasteiger partial charge in [0.15, 0.2) is 0 Å². The fraction of sp³-hybridized carbons (Fsp3) is 0.286. The minimum absolute atomic E-state index is 0.0628. The van der Waals surface area contributed by atoms with Crippen molar-refractivity contribution in [3.05, 3.63) is 84.7 Å². The molecule has 0 atom stereocenters. The number of aryl methyl sites for hydroxylation is 1. The van der Waals surface area contributed by atoms with Gasteiger partial charge in [0.05, 0.1) is 24.6 Å². The Morgan fingerprint density at radius 3 is 2.54 bits per heavy atom. The number of carbonyl (C=O) groups is 1. The number of furan rings is 1. The molecule has 0 spiro atoms. The Balaban J connectivity index is 1.29. The molecule has 9 nitrogen and oxygen atoms in total. The molecule has 9 heteroatoms. The van der Waals surface area contributed by atoms with Gasteiger partial charge in [0.2, 0.25) is 0 Å². The van der Waals surface area contributed by atoms with Gasteiger partial charge in [-0.3, -0.25) is 9.58 Å². The number of benzene rings is 1. The summed E-state index contributed by atoms with van der Waals surface area (Å²) in [5.74, 6) is 1.48. The fourth-order valence-electron chi connectivity index (χ4n) is 4.77. The number of hydrogen-bond acceptors (Lipinski definition) is 6. The van der Waals surface area contributed by atoms with Crippen LogP contribution in [0.25, 0.3) is 11.1 Å². The number of pyridine rings is 1. The van der Waals surface area contributed by atoms with E-state index in [2.05, 4.69) is 26.8 Å². The smallest absolute Gasteiger partial charge is 0.322 e. The average Bonchev–Trinajstić information content (AvgIpc) is 3.61. The minimum Gasteiger partial charge on any atom is -0.467 e. The second-order valence-corrected chi connectivity index (χ2v) is 9.25. The summed E-state index contributed by atoms with van der Waals surface area (Å²) in [6, 6.07) is 17.6. The van der Waals surface area contributed by atoms with Gasteiger partial charge in [0.25, 0.3) is 0 Å². The molecule has 2 amide bonds. The fourth-order valence-corrected chi connectivity index (χ4v) is 4.77. The van der Waals surface area contributed by atoms with Crippen LogP contribution in [0.4, 0.5) is 16.3 Å². The molecule has 1 aliphatic carbocycles. The molecule has 0 bridgehead atoms. The molecule has 0 aliphatic heterocycles. The van der Waals surface area contributed by atoms with Gasteiger partial charge in [0.1, 0.15) is 17.6 Å². The summed E-state index contributed by atoms with van der Waals surface area (Å²) in [6.45, 7) is 0.331. The molecule has 1 aliphatic rings. The zero-order chi connectivity index (χ0) is 25.6. The van der Waals surface area contributed by atoms with Crippen molar-refractivity contribution in [3.63, 3.8) is 0 Å². The number of anilines is 2. The minimum atomic E-state index is -0.143. The monoisotopic (exact) mass is 495 g/mol. The van der Waals surface area contributed by atoms with Crippen molar-refractivity contribution in [1.82, 2.24) is 20.1 Å². The first kappa shape index (κ1) is 24.1. The van der Waals surface area contributed by atoms with Crippen LogP contribution in [0.3, 0.4) is 0 Å². The van der Waals surface area contributed by atoms with Crippen molar-refractivity contribution in [2.24, 2.45) is 7.05 Å². The van der Waals surface area contributed by atoms with Gasteiger partial charge in [-0.25, -0.2) is 9.78 Å². The standard InChI is InChI=1S/C28H29N7O2/c1-34-19-22(17-32-34)21-5-9-24(10-6-21)35(28(36)31-18-26-3-2-14-37-26)25-11-7-23(8-12-25)33-27-13-4-20(15-29)16-30-27/h2-6,9-10,13-14,16-17,19,23,25H,7-8,11-12,18H2,1H3,(H,30,33)(H,31,36). The Bertz CT molecular complexity index is 1350. The molecule has 37 heavy (non-hydrogen) atoms. The Morgan fingerprint density at radius 2 is 1.92 bits per heavy atom. The maximum Gasteiger partial charge on any atom is 0.322 e. The van der Waals surface area contributed by atoms with Crippen LogP contribution < -0.4 is 15.5 Å². The summed E-state index contributed by atoms with van der Waals surface area (Å²) < 4.78 is 7.17. The zero-order valence-electron chi connectivity index (χ0n) is 20.7. The first-order chi connectivity index (χ1) is 18.1. The quantitative estimate of drug-likeness (QED) is 0.370. The number of carbonyl (C=O) groups excluding carboxylic acids is 1. The van der Waals surface area contributed by atoms with E-state index in [1.807, 2.05) is 66.8 Å². The van der Waals surface area contributed by atoms with E-state index >= 15 is 0 Å². The third kappa shape index (κ3) is 5.81. The Hall–Kier alpha value is -4.58. The molecule has 0 radical (unpaired) electrons. The molecule has 188 valence electrons. The number of amides is 2. The summed E-state index contributed by atoms with van der Waals surface area (Å²) in [5.41, 5.74) is 3.48. The summed E-state index contributed by atoms with van der Waals surface area (Å²) in [4.78, 5) is 19.7.